The Balaban J connectivity index is 1.68. The number of carbonyl (C=O) groups excluding carboxylic acids is 1. The van der Waals surface area contributed by atoms with Crippen molar-refractivity contribution >= 4 is 28.8 Å². The predicted molar refractivity (Wildman–Crippen MR) is 146 cm³/mol. The number of carbonyl (C=O) groups is 1. The SMILES string of the molecule is Cc1c(F)cc(NC(=O)c2cccnc2Oc2cc(C(=N)N)ccc2N)c(Oc2cccc(N(C)C)c2)c1F. The summed E-state index contributed by atoms with van der Waals surface area (Å²) in [6.45, 7) is 1.27. The minimum Gasteiger partial charge on any atom is -0.452 e. The molecule has 4 rings (SSSR count). The number of halogens is 2. The number of hydrogen-bond acceptors (Lipinski definition) is 7. The Bertz CT molecular complexity index is 1580. The first-order valence-corrected chi connectivity index (χ1v) is 11.7. The fraction of sp³-hybridized carbons (Fsp3) is 0.107. The van der Waals surface area contributed by atoms with E-state index in [9.17, 15) is 9.18 Å². The quantitative estimate of drug-likeness (QED) is 0.135. The molecular formula is C28H26F2N6O3. The van der Waals surface area contributed by atoms with Gasteiger partial charge in [0.25, 0.3) is 5.91 Å². The molecule has 0 aliphatic carbocycles. The molecule has 200 valence electrons. The van der Waals surface area contributed by atoms with E-state index in [0.29, 0.717) is 5.56 Å². The van der Waals surface area contributed by atoms with E-state index in [1.165, 1.54) is 37.4 Å². The molecular weight excluding hydrogens is 506 g/mol. The monoisotopic (exact) mass is 532 g/mol. The van der Waals surface area contributed by atoms with Gasteiger partial charge in [-0.3, -0.25) is 10.2 Å². The zero-order valence-electron chi connectivity index (χ0n) is 21.4. The molecule has 6 N–H and O–H groups in total. The van der Waals surface area contributed by atoms with E-state index in [-0.39, 0.29) is 51.5 Å². The van der Waals surface area contributed by atoms with Gasteiger partial charge in [-0.1, -0.05) is 6.07 Å². The molecule has 0 fully saturated rings. The fourth-order valence-corrected chi connectivity index (χ4v) is 3.56. The molecule has 0 saturated heterocycles. The summed E-state index contributed by atoms with van der Waals surface area (Å²) in [5.41, 5.74) is 12.4. The lowest BCUT2D eigenvalue weighted by Gasteiger charge is -2.18. The second kappa shape index (κ2) is 11.1. The van der Waals surface area contributed by atoms with Gasteiger partial charge < -0.3 is 31.2 Å². The zero-order chi connectivity index (χ0) is 28.3. The molecule has 0 radical (unpaired) electrons. The number of amides is 1. The molecule has 39 heavy (non-hydrogen) atoms. The van der Waals surface area contributed by atoms with Gasteiger partial charge in [-0.05, 0) is 49.4 Å². The summed E-state index contributed by atoms with van der Waals surface area (Å²) in [5.74, 6) is -2.88. The van der Waals surface area contributed by atoms with E-state index in [1.807, 2.05) is 25.1 Å². The number of amidine groups is 1. The molecule has 0 saturated carbocycles. The molecule has 0 spiro atoms. The van der Waals surface area contributed by atoms with E-state index in [2.05, 4.69) is 10.3 Å². The summed E-state index contributed by atoms with van der Waals surface area (Å²) in [6.07, 6.45) is 1.40. The third kappa shape index (κ3) is 5.87. The number of ether oxygens (including phenoxy) is 2. The van der Waals surface area contributed by atoms with Crippen LogP contribution in [-0.2, 0) is 0 Å². The molecule has 1 amide bonds. The molecule has 0 bridgehead atoms. The number of nitrogens with zero attached hydrogens (tertiary/aromatic N) is 2. The lowest BCUT2D eigenvalue weighted by atomic mass is 10.1. The first kappa shape index (κ1) is 26.9. The van der Waals surface area contributed by atoms with Crippen molar-refractivity contribution in [2.45, 2.75) is 6.92 Å². The maximum Gasteiger partial charge on any atom is 0.261 e. The maximum atomic E-state index is 15.2. The number of benzene rings is 3. The second-order valence-electron chi connectivity index (χ2n) is 8.75. The Morgan fingerprint density at radius 1 is 1.05 bits per heavy atom. The topological polar surface area (TPSA) is 140 Å². The largest absolute Gasteiger partial charge is 0.452 e. The Morgan fingerprint density at radius 2 is 1.82 bits per heavy atom. The molecule has 9 nitrogen and oxygen atoms in total. The van der Waals surface area contributed by atoms with Gasteiger partial charge in [-0.15, -0.1) is 0 Å². The average Bonchev–Trinajstić information content (AvgIpc) is 2.91. The lowest BCUT2D eigenvalue weighted by Crippen LogP contribution is -2.16. The Kier molecular flexibility index (Phi) is 7.61. The van der Waals surface area contributed by atoms with Crippen molar-refractivity contribution in [1.82, 2.24) is 4.98 Å². The number of nitrogens with two attached hydrogens (primary N) is 2. The van der Waals surface area contributed by atoms with Crippen LogP contribution in [0, 0.1) is 24.0 Å². The summed E-state index contributed by atoms with van der Waals surface area (Å²) >= 11 is 0. The summed E-state index contributed by atoms with van der Waals surface area (Å²) in [7, 11) is 3.68. The van der Waals surface area contributed by atoms with Gasteiger partial charge >= 0.3 is 0 Å². The molecule has 0 aliphatic heterocycles. The van der Waals surface area contributed by atoms with Crippen LogP contribution in [0.4, 0.5) is 25.8 Å². The summed E-state index contributed by atoms with van der Waals surface area (Å²) in [4.78, 5) is 19.3. The van der Waals surface area contributed by atoms with E-state index >= 15 is 4.39 Å². The van der Waals surface area contributed by atoms with Crippen molar-refractivity contribution in [1.29, 1.82) is 5.41 Å². The van der Waals surface area contributed by atoms with Crippen molar-refractivity contribution in [3.05, 3.63) is 95.2 Å². The highest BCUT2D eigenvalue weighted by Gasteiger charge is 2.23. The van der Waals surface area contributed by atoms with Gasteiger partial charge in [0.1, 0.15) is 23.0 Å². The van der Waals surface area contributed by atoms with E-state index < -0.39 is 17.5 Å². The van der Waals surface area contributed by atoms with Crippen molar-refractivity contribution < 1.29 is 23.0 Å². The Hall–Kier alpha value is -5.19. The number of nitrogens with one attached hydrogen (secondary N) is 2. The lowest BCUT2D eigenvalue weighted by molar-refractivity contribution is 0.102. The summed E-state index contributed by atoms with van der Waals surface area (Å²) < 4.78 is 41.4. The third-order valence-electron chi connectivity index (χ3n) is 5.75. The molecule has 4 aromatic rings. The number of hydrogen-bond donors (Lipinski definition) is 4. The Labute approximate surface area is 223 Å². The van der Waals surface area contributed by atoms with Gasteiger partial charge in [0.2, 0.25) is 5.88 Å². The Morgan fingerprint density at radius 3 is 2.54 bits per heavy atom. The second-order valence-corrected chi connectivity index (χ2v) is 8.75. The normalized spacial score (nSPS) is 10.6. The number of nitrogen functional groups attached to an aromatic ring is 2. The summed E-state index contributed by atoms with van der Waals surface area (Å²) in [6, 6.07) is 15.2. The number of anilines is 3. The molecule has 0 atom stereocenters. The minimum atomic E-state index is -0.961. The van der Waals surface area contributed by atoms with Gasteiger partial charge in [-0.2, -0.15) is 0 Å². The first-order chi connectivity index (χ1) is 18.5. The van der Waals surface area contributed by atoms with Gasteiger partial charge in [0.05, 0.1) is 11.4 Å². The van der Waals surface area contributed by atoms with Crippen LogP contribution < -0.4 is 31.2 Å². The third-order valence-corrected chi connectivity index (χ3v) is 5.75. The van der Waals surface area contributed by atoms with Crippen LogP contribution >= 0.6 is 0 Å². The van der Waals surface area contributed by atoms with E-state index in [1.54, 1.807) is 24.3 Å². The van der Waals surface area contributed by atoms with Gasteiger partial charge in [0.15, 0.2) is 17.3 Å². The predicted octanol–water partition coefficient (Wildman–Crippen LogP) is 5.44. The smallest absolute Gasteiger partial charge is 0.261 e. The van der Waals surface area contributed by atoms with Crippen LogP contribution in [0.5, 0.6) is 23.1 Å². The molecule has 11 heteroatoms. The number of rotatable bonds is 8. The average molecular weight is 533 g/mol. The van der Waals surface area contributed by atoms with E-state index in [4.69, 9.17) is 26.4 Å². The van der Waals surface area contributed by atoms with Crippen LogP contribution in [0.3, 0.4) is 0 Å². The van der Waals surface area contributed by atoms with Crippen LogP contribution in [-0.4, -0.2) is 30.8 Å². The van der Waals surface area contributed by atoms with Crippen LogP contribution in [0.1, 0.15) is 21.5 Å². The highest BCUT2D eigenvalue weighted by atomic mass is 19.1. The minimum absolute atomic E-state index is 0.0490. The highest BCUT2D eigenvalue weighted by molar-refractivity contribution is 6.06. The van der Waals surface area contributed by atoms with Crippen LogP contribution in [0.2, 0.25) is 0 Å². The number of pyridine rings is 1. The molecule has 0 aliphatic rings. The number of aromatic nitrogens is 1. The molecule has 1 heterocycles. The van der Waals surface area contributed by atoms with Crippen molar-refractivity contribution in [2.24, 2.45) is 5.73 Å². The fourth-order valence-electron chi connectivity index (χ4n) is 3.56. The zero-order valence-corrected chi connectivity index (χ0v) is 21.4. The van der Waals surface area contributed by atoms with Crippen molar-refractivity contribution in [3.63, 3.8) is 0 Å². The van der Waals surface area contributed by atoms with Crippen molar-refractivity contribution in [2.75, 3.05) is 30.0 Å². The van der Waals surface area contributed by atoms with Crippen molar-refractivity contribution in [3.8, 4) is 23.1 Å². The first-order valence-electron chi connectivity index (χ1n) is 11.7. The van der Waals surface area contributed by atoms with Gasteiger partial charge in [-0.25, -0.2) is 13.8 Å². The molecule has 3 aromatic carbocycles. The molecule has 1 aromatic heterocycles. The summed E-state index contributed by atoms with van der Waals surface area (Å²) in [5, 5.41) is 10.1. The molecule has 0 unspecified atom stereocenters. The maximum absolute atomic E-state index is 15.2. The van der Waals surface area contributed by atoms with Gasteiger partial charge in [0, 0.05) is 49.2 Å². The highest BCUT2D eigenvalue weighted by Crippen LogP contribution is 2.37. The van der Waals surface area contributed by atoms with Crippen LogP contribution in [0.25, 0.3) is 0 Å². The standard InChI is InChI=1S/C28H26F2N6O3/c1-15-20(29)14-22(25(24(15)30)38-18-7-4-6-17(13-18)36(2)3)35-27(37)19-8-5-11-34-28(19)39-23-12-16(26(32)33)9-10-21(23)31/h4-14H,31H2,1-3H3,(H3,32,33)(H,35,37). The van der Waals surface area contributed by atoms with E-state index in [0.717, 1.165) is 11.8 Å². The van der Waals surface area contributed by atoms with Crippen LogP contribution in [0.15, 0.2) is 66.9 Å².